The Hall–Kier alpha value is -1.39. The van der Waals surface area contributed by atoms with Crippen LogP contribution in [0.25, 0.3) is 0 Å². The average Bonchev–Trinajstić information content (AvgIpc) is 2.55. The van der Waals surface area contributed by atoms with Crippen LogP contribution >= 0.6 is 0 Å². The predicted molar refractivity (Wildman–Crippen MR) is 90.8 cm³/mol. The molecule has 0 saturated carbocycles. The van der Waals surface area contributed by atoms with Gasteiger partial charge in [-0.2, -0.15) is 0 Å². The number of hydrogen-bond acceptors (Lipinski definition) is 3. The summed E-state index contributed by atoms with van der Waals surface area (Å²) in [5, 5.41) is 6.25. The lowest BCUT2D eigenvalue weighted by atomic mass is 10.0. The predicted octanol–water partition coefficient (Wildman–Crippen LogP) is 1.67. The first-order valence-corrected chi connectivity index (χ1v) is 8.40. The maximum absolute atomic E-state index is 12.0. The number of nitrogens with zero attached hydrogens (tertiary/aromatic N) is 1. The van der Waals surface area contributed by atoms with Gasteiger partial charge in [-0.25, -0.2) is 0 Å². The summed E-state index contributed by atoms with van der Waals surface area (Å²) < 4.78 is 0. The molecule has 1 unspecified atom stereocenters. The topological polar surface area (TPSA) is 44.4 Å². The summed E-state index contributed by atoms with van der Waals surface area (Å²) in [6.45, 7) is 5.99. The van der Waals surface area contributed by atoms with E-state index < -0.39 is 0 Å². The number of amides is 1. The van der Waals surface area contributed by atoms with E-state index in [1.54, 1.807) is 0 Å². The Bertz CT molecular complexity index is 441. The molecular weight excluding hydrogens is 274 g/mol. The first-order valence-electron chi connectivity index (χ1n) is 8.40. The number of piperidine rings is 1. The van der Waals surface area contributed by atoms with Crippen molar-refractivity contribution >= 4 is 5.91 Å². The molecule has 1 aliphatic heterocycles. The lowest BCUT2D eigenvalue weighted by molar-refractivity contribution is -0.125. The molecule has 1 fully saturated rings. The number of benzene rings is 1. The second-order valence-electron chi connectivity index (χ2n) is 6.32. The third kappa shape index (κ3) is 5.43. The summed E-state index contributed by atoms with van der Waals surface area (Å²) in [6.07, 6.45) is 3.23. The number of carbonyl (C=O) groups excluding carboxylic acids is 1. The van der Waals surface area contributed by atoms with E-state index in [9.17, 15) is 4.79 Å². The van der Waals surface area contributed by atoms with Crippen LogP contribution < -0.4 is 10.6 Å². The first-order chi connectivity index (χ1) is 10.7. The number of rotatable bonds is 7. The highest BCUT2D eigenvalue weighted by molar-refractivity contribution is 5.78. The quantitative estimate of drug-likeness (QED) is 0.805. The van der Waals surface area contributed by atoms with Crippen molar-refractivity contribution in [1.82, 2.24) is 15.5 Å². The van der Waals surface area contributed by atoms with Crippen LogP contribution in [0.4, 0.5) is 0 Å². The molecule has 1 aromatic rings. The van der Waals surface area contributed by atoms with Gasteiger partial charge in [0.1, 0.15) is 0 Å². The van der Waals surface area contributed by atoms with E-state index in [0.717, 1.165) is 45.4 Å². The molecule has 1 aliphatic rings. The van der Waals surface area contributed by atoms with Gasteiger partial charge in [-0.15, -0.1) is 0 Å². The van der Waals surface area contributed by atoms with Gasteiger partial charge < -0.3 is 15.5 Å². The molecule has 0 aliphatic carbocycles. The summed E-state index contributed by atoms with van der Waals surface area (Å²) in [5.41, 5.74) is 1.40. The van der Waals surface area contributed by atoms with Gasteiger partial charge in [0.25, 0.3) is 0 Å². The van der Waals surface area contributed by atoms with E-state index in [0.29, 0.717) is 6.04 Å². The molecule has 0 spiro atoms. The van der Waals surface area contributed by atoms with Crippen molar-refractivity contribution in [3.05, 3.63) is 35.9 Å². The van der Waals surface area contributed by atoms with Gasteiger partial charge in [-0.1, -0.05) is 37.3 Å². The SMILES string of the molecule is CNCC(C)C(=O)NC1CCN(CCc2ccccc2)CC1. The molecule has 1 saturated heterocycles. The molecule has 1 heterocycles. The van der Waals surface area contributed by atoms with Gasteiger partial charge in [0.15, 0.2) is 0 Å². The highest BCUT2D eigenvalue weighted by Crippen LogP contribution is 2.12. The van der Waals surface area contributed by atoms with Gasteiger partial charge >= 0.3 is 0 Å². The van der Waals surface area contributed by atoms with Crippen molar-refractivity contribution < 1.29 is 4.79 Å². The molecule has 0 bridgehead atoms. The molecule has 0 radical (unpaired) electrons. The van der Waals surface area contributed by atoms with Crippen molar-refractivity contribution in [2.24, 2.45) is 5.92 Å². The molecule has 1 aromatic carbocycles. The fraction of sp³-hybridized carbons (Fsp3) is 0.611. The minimum atomic E-state index is 0.0427. The monoisotopic (exact) mass is 303 g/mol. The second kappa shape index (κ2) is 8.91. The molecule has 4 nitrogen and oxygen atoms in total. The van der Waals surface area contributed by atoms with E-state index in [4.69, 9.17) is 0 Å². The fourth-order valence-electron chi connectivity index (χ4n) is 2.98. The van der Waals surface area contributed by atoms with Crippen LogP contribution in [0.15, 0.2) is 30.3 Å². The number of hydrogen-bond donors (Lipinski definition) is 2. The first kappa shape index (κ1) is 17.0. The smallest absolute Gasteiger partial charge is 0.224 e. The van der Waals surface area contributed by atoms with Crippen LogP contribution in [0, 0.1) is 5.92 Å². The molecule has 4 heteroatoms. The van der Waals surface area contributed by atoms with Gasteiger partial charge in [0.2, 0.25) is 5.91 Å². The Labute approximate surface area is 134 Å². The largest absolute Gasteiger partial charge is 0.353 e. The van der Waals surface area contributed by atoms with Crippen molar-refractivity contribution in [2.75, 3.05) is 33.2 Å². The number of carbonyl (C=O) groups is 1. The van der Waals surface area contributed by atoms with Crippen molar-refractivity contribution in [2.45, 2.75) is 32.2 Å². The Morgan fingerprint density at radius 2 is 1.95 bits per heavy atom. The minimum absolute atomic E-state index is 0.0427. The average molecular weight is 303 g/mol. The van der Waals surface area contributed by atoms with E-state index in [-0.39, 0.29) is 11.8 Å². The maximum atomic E-state index is 12.0. The zero-order valence-electron chi connectivity index (χ0n) is 13.8. The van der Waals surface area contributed by atoms with E-state index in [1.807, 2.05) is 14.0 Å². The van der Waals surface area contributed by atoms with Crippen molar-refractivity contribution in [3.8, 4) is 0 Å². The second-order valence-corrected chi connectivity index (χ2v) is 6.32. The highest BCUT2D eigenvalue weighted by Gasteiger charge is 2.22. The standard InChI is InChI=1S/C18H29N3O/c1-15(14-19-2)18(22)20-17-9-12-21(13-10-17)11-8-16-6-4-3-5-7-16/h3-7,15,17,19H,8-14H2,1-2H3,(H,20,22). The van der Waals surface area contributed by atoms with Gasteiger partial charge in [-0.05, 0) is 31.9 Å². The van der Waals surface area contributed by atoms with Gasteiger partial charge in [-0.3, -0.25) is 4.79 Å². The van der Waals surface area contributed by atoms with Crippen molar-refractivity contribution in [3.63, 3.8) is 0 Å². The van der Waals surface area contributed by atoms with E-state index in [2.05, 4.69) is 45.9 Å². The van der Waals surface area contributed by atoms with E-state index >= 15 is 0 Å². The molecule has 122 valence electrons. The fourth-order valence-corrected chi connectivity index (χ4v) is 2.98. The Balaban J connectivity index is 1.66. The molecular formula is C18H29N3O. The van der Waals surface area contributed by atoms with Gasteiger partial charge in [0, 0.05) is 38.1 Å². The molecule has 22 heavy (non-hydrogen) atoms. The molecule has 2 rings (SSSR count). The van der Waals surface area contributed by atoms with Crippen LogP contribution in [-0.2, 0) is 11.2 Å². The summed E-state index contributed by atoms with van der Waals surface area (Å²) >= 11 is 0. The van der Waals surface area contributed by atoms with Crippen LogP contribution in [0.5, 0.6) is 0 Å². The molecule has 1 amide bonds. The molecule has 0 aromatic heterocycles. The Morgan fingerprint density at radius 3 is 2.59 bits per heavy atom. The lowest BCUT2D eigenvalue weighted by Crippen LogP contribution is -2.47. The zero-order valence-corrected chi connectivity index (χ0v) is 13.8. The summed E-state index contributed by atoms with van der Waals surface area (Å²) in [4.78, 5) is 14.5. The van der Waals surface area contributed by atoms with Crippen LogP contribution in [0.3, 0.4) is 0 Å². The summed E-state index contributed by atoms with van der Waals surface area (Å²) in [6, 6.07) is 11.0. The lowest BCUT2D eigenvalue weighted by Gasteiger charge is -2.32. The van der Waals surface area contributed by atoms with E-state index in [1.165, 1.54) is 5.56 Å². The third-order valence-electron chi connectivity index (χ3n) is 4.45. The number of nitrogens with one attached hydrogen (secondary N) is 2. The summed E-state index contributed by atoms with van der Waals surface area (Å²) in [5.74, 6) is 0.221. The minimum Gasteiger partial charge on any atom is -0.353 e. The molecule has 2 N–H and O–H groups in total. The highest BCUT2D eigenvalue weighted by atomic mass is 16.1. The zero-order chi connectivity index (χ0) is 15.8. The van der Waals surface area contributed by atoms with Gasteiger partial charge in [0.05, 0.1) is 0 Å². The Kier molecular flexibility index (Phi) is 6.87. The van der Waals surface area contributed by atoms with Crippen LogP contribution in [0.1, 0.15) is 25.3 Å². The van der Waals surface area contributed by atoms with Crippen LogP contribution in [0.2, 0.25) is 0 Å². The third-order valence-corrected chi connectivity index (χ3v) is 4.45. The normalized spacial score (nSPS) is 18.1. The molecule has 1 atom stereocenters. The van der Waals surface area contributed by atoms with Crippen LogP contribution in [-0.4, -0.2) is 50.1 Å². The maximum Gasteiger partial charge on any atom is 0.224 e. The Morgan fingerprint density at radius 1 is 1.27 bits per heavy atom. The van der Waals surface area contributed by atoms with Crippen molar-refractivity contribution in [1.29, 1.82) is 0 Å². The summed E-state index contributed by atoms with van der Waals surface area (Å²) in [7, 11) is 1.88. The number of likely N-dealkylation sites (tertiary alicyclic amines) is 1.